The van der Waals surface area contributed by atoms with Gasteiger partial charge in [-0.05, 0) is 67.2 Å². The number of rotatable bonds is 14. The summed E-state index contributed by atoms with van der Waals surface area (Å²) in [6, 6.07) is 14.1. The summed E-state index contributed by atoms with van der Waals surface area (Å²) < 4.78 is 2.00. The number of nitrogens with zero attached hydrogens (tertiary/aromatic N) is 3. The molecule has 1 fully saturated rings. The van der Waals surface area contributed by atoms with Crippen LogP contribution in [0.1, 0.15) is 85.9 Å². The van der Waals surface area contributed by atoms with E-state index in [0.717, 1.165) is 74.1 Å². The highest BCUT2D eigenvalue weighted by Gasteiger charge is 2.25. The van der Waals surface area contributed by atoms with Crippen LogP contribution in [0, 0.1) is 5.92 Å². The predicted molar refractivity (Wildman–Crippen MR) is 159 cm³/mol. The number of aromatic carboxylic acids is 1. The molecule has 10 nitrogen and oxygen atoms in total. The third kappa shape index (κ3) is 8.48. The molecule has 1 unspecified atom stereocenters. The number of hydrogen-bond donors (Lipinski definition) is 4. The molecule has 224 valence electrons. The van der Waals surface area contributed by atoms with Crippen LogP contribution in [0.25, 0.3) is 11.1 Å². The van der Waals surface area contributed by atoms with Crippen molar-refractivity contribution in [2.75, 3.05) is 0 Å². The lowest BCUT2D eigenvalue weighted by molar-refractivity contribution is -0.138. The third-order valence-electron chi connectivity index (χ3n) is 7.98. The van der Waals surface area contributed by atoms with E-state index in [0.29, 0.717) is 18.0 Å². The van der Waals surface area contributed by atoms with Crippen molar-refractivity contribution in [3.05, 3.63) is 71.3 Å². The number of hydrogen-bond acceptors (Lipinski definition) is 6. The largest absolute Gasteiger partial charge is 0.480 e. The SMILES string of the molecule is CCCCc1nc(CC2CCC(NC(=O)CCC(N)C(=O)O)CC2)nn1Cc1ccc(-c2ccccc2C(=O)O)cc1. The second kappa shape index (κ2) is 14.7. The number of carboxylic acid groups (broad SMARTS) is 2. The summed E-state index contributed by atoms with van der Waals surface area (Å²) in [5, 5.41) is 26.4. The fraction of sp³-hybridized carbons (Fsp3) is 0.469. The van der Waals surface area contributed by atoms with Crippen LogP contribution < -0.4 is 11.1 Å². The third-order valence-corrected chi connectivity index (χ3v) is 7.98. The highest BCUT2D eigenvalue weighted by molar-refractivity contribution is 5.96. The Balaban J connectivity index is 1.34. The Kier molecular flexibility index (Phi) is 10.8. The van der Waals surface area contributed by atoms with E-state index in [-0.39, 0.29) is 30.4 Å². The van der Waals surface area contributed by atoms with Crippen molar-refractivity contribution < 1.29 is 24.6 Å². The molecule has 4 rings (SSSR count). The topological polar surface area (TPSA) is 160 Å². The van der Waals surface area contributed by atoms with E-state index in [1.165, 1.54) is 0 Å². The summed E-state index contributed by atoms with van der Waals surface area (Å²) in [4.78, 5) is 39.6. The zero-order valence-corrected chi connectivity index (χ0v) is 24.2. The molecule has 42 heavy (non-hydrogen) atoms. The standard InChI is InChI=1S/C32H41N5O5/c1-2-3-8-29-35-28(19-21-11-15-24(16-12-21)34-30(38)18-17-27(33)32(41)42)36-37(29)20-22-9-13-23(14-10-22)25-6-4-5-7-26(25)31(39)40/h4-7,9-10,13-14,21,24,27H,2-3,8,11-12,15-20,33H2,1H3,(H,34,38)(H,39,40)(H,41,42). The maximum Gasteiger partial charge on any atom is 0.336 e. The van der Waals surface area contributed by atoms with Gasteiger partial charge in [-0.2, -0.15) is 5.10 Å². The minimum atomic E-state index is -1.09. The number of carbonyl (C=O) groups excluding carboxylic acids is 1. The van der Waals surface area contributed by atoms with Crippen LogP contribution in [0.4, 0.5) is 0 Å². The van der Waals surface area contributed by atoms with Crippen molar-refractivity contribution in [2.45, 2.75) is 89.8 Å². The van der Waals surface area contributed by atoms with E-state index in [2.05, 4.69) is 12.2 Å². The van der Waals surface area contributed by atoms with Crippen LogP contribution in [-0.2, 0) is 29.0 Å². The van der Waals surface area contributed by atoms with E-state index in [9.17, 15) is 19.5 Å². The first-order valence-electron chi connectivity index (χ1n) is 14.9. The molecule has 2 aromatic carbocycles. The molecule has 0 radical (unpaired) electrons. The lowest BCUT2D eigenvalue weighted by Crippen LogP contribution is -2.39. The molecular formula is C32H41N5O5. The van der Waals surface area contributed by atoms with Gasteiger partial charge >= 0.3 is 11.9 Å². The van der Waals surface area contributed by atoms with Crippen molar-refractivity contribution in [3.8, 4) is 11.1 Å². The molecule has 0 saturated heterocycles. The summed E-state index contributed by atoms with van der Waals surface area (Å²) in [5.74, 6) is 0.101. The maximum absolute atomic E-state index is 12.2. The molecule has 3 aromatic rings. The molecule has 1 amide bonds. The van der Waals surface area contributed by atoms with Gasteiger partial charge < -0.3 is 21.3 Å². The number of carbonyl (C=O) groups is 3. The zero-order valence-electron chi connectivity index (χ0n) is 24.2. The molecule has 10 heteroatoms. The second-order valence-corrected chi connectivity index (χ2v) is 11.2. The summed E-state index contributed by atoms with van der Waals surface area (Å²) in [6.07, 6.45) is 7.70. The molecule has 1 aliphatic rings. The Labute approximate surface area is 246 Å². The van der Waals surface area contributed by atoms with Gasteiger partial charge in [-0.15, -0.1) is 0 Å². The van der Waals surface area contributed by atoms with Crippen molar-refractivity contribution >= 4 is 17.8 Å². The Morgan fingerprint density at radius 3 is 2.43 bits per heavy atom. The Morgan fingerprint density at radius 1 is 1.05 bits per heavy atom. The first kappa shape index (κ1) is 30.9. The molecule has 1 saturated carbocycles. The van der Waals surface area contributed by atoms with Gasteiger partial charge in [0.05, 0.1) is 12.1 Å². The van der Waals surface area contributed by atoms with E-state index in [1.807, 2.05) is 41.1 Å². The molecule has 1 heterocycles. The maximum atomic E-state index is 12.2. The molecule has 1 aliphatic carbocycles. The smallest absolute Gasteiger partial charge is 0.336 e. The summed E-state index contributed by atoms with van der Waals surface area (Å²) >= 11 is 0. The van der Waals surface area contributed by atoms with Gasteiger partial charge in [0.2, 0.25) is 5.91 Å². The van der Waals surface area contributed by atoms with Gasteiger partial charge in [0.1, 0.15) is 11.9 Å². The molecule has 1 aromatic heterocycles. The fourth-order valence-corrected chi connectivity index (χ4v) is 5.52. The minimum absolute atomic E-state index is 0.103. The monoisotopic (exact) mass is 575 g/mol. The highest BCUT2D eigenvalue weighted by Crippen LogP contribution is 2.28. The zero-order chi connectivity index (χ0) is 30.1. The first-order chi connectivity index (χ1) is 20.2. The number of benzene rings is 2. The summed E-state index contributed by atoms with van der Waals surface area (Å²) in [7, 11) is 0. The Hall–Kier alpha value is -4.05. The van der Waals surface area contributed by atoms with Crippen molar-refractivity contribution in [1.29, 1.82) is 0 Å². The van der Waals surface area contributed by atoms with Crippen molar-refractivity contribution in [3.63, 3.8) is 0 Å². The lowest BCUT2D eigenvalue weighted by atomic mass is 9.84. The average Bonchev–Trinajstić information content (AvgIpc) is 3.36. The number of nitrogens with one attached hydrogen (secondary N) is 1. The predicted octanol–water partition coefficient (Wildman–Crippen LogP) is 4.44. The van der Waals surface area contributed by atoms with E-state index in [4.69, 9.17) is 20.9 Å². The van der Waals surface area contributed by atoms with Crippen LogP contribution >= 0.6 is 0 Å². The fourth-order valence-electron chi connectivity index (χ4n) is 5.52. The normalized spacial score (nSPS) is 17.5. The van der Waals surface area contributed by atoms with Crippen molar-refractivity contribution in [2.24, 2.45) is 11.7 Å². The Bertz CT molecular complexity index is 1360. The van der Waals surface area contributed by atoms with Gasteiger partial charge in [0.25, 0.3) is 0 Å². The molecule has 1 atom stereocenters. The first-order valence-corrected chi connectivity index (χ1v) is 14.9. The van der Waals surface area contributed by atoms with E-state index in [1.54, 1.807) is 12.1 Å². The van der Waals surface area contributed by atoms with Gasteiger partial charge in [-0.1, -0.05) is 55.8 Å². The number of aryl methyl sites for hydroxylation is 1. The average molecular weight is 576 g/mol. The molecule has 0 spiro atoms. The summed E-state index contributed by atoms with van der Waals surface area (Å²) in [6.45, 7) is 2.75. The highest BCUT2D eigenvalue weighted by atomic mass is 16.4. The number of aliphatic carboxylic acids is 1. The van der Waals surface area contributed by atoms with Gasteiger partial charge in [-0.3, -0.25) is 9.59 Å². The van der Waals surface area contributed by atoms with Gasteiger partial charge in [0, 0.05) is 25.3 Å². The van der Waals surface area contributed by atoms with Crippen molar-refractivity contribution in [1.82, 2.24) is 20.1 Å². The number of carboxylic acids is 2. The number of amides is 1. The van der Waals surface area contributed by atoms with Gasteiger partial charge in [0.15, 0.2) is 5.82 Å². The molecule has 0 bridgehead atoms. The van der Waals surface area contributed by atoms with Crippen LogP contribution in [-0.4, -0.2) is 54.9 Å². The minimum Gasteiger partial charge on any atom is -0.480 e. The van der Waals surface area contributed by atoms with E-state index >= 15 is 0 Å². The second-order valence-electron chi connectivity index (χ2n) is 11.2. The lowest BCUT2D eigenvalue weighted by Gasteiger charge is -2.28. The van der Waals surface area contributed by atoms with Gasteiger partial charge in [-0.25, -0.2) is 14.5 Å². The van der Waals surface area contributed by atoms with Crippen LogP contribution in [0.2, 0.25) is 0 Å². The van der Waals surface area contributed by atoms with Crippen LogP contribution in [0.15, 0.2) is 48.5 Å². The summed E-state index contributed by atoms with van der Waals surface area (Å²) in [5.41, 5.74) is 8.41. The van der Waals surface area contributed by atoms with Crippen LogP contribution in [0.3, 0.4) is 0 Å². The Morgan fingerprint density at radius 2 is 1.76 bits per heavy atom. The molecule has 0 aliphatic heterocycles. The van der Waals surface area contributed by atoms with Crippen LogP contribution in [0.5, 0.6) is 0 Å². The quantitative estimate of drug-likeness (QED) is 0.219. The van der Waals surface area contributed by atoms with E-state index < -0.39 is 18.0 Å². The number of aromatic nitrogens is 3. The molecule has 5 N–H and O–H groups in total. The molecular weight excluding hydrogens is 534 g/mol. The number of unbranched alkanes of at least 4 members (excludes halogenated alkanes) is 1. The number of nitrogens with two attached hydrogens (primary N) is 1.